The zero-order chi connectivity index (χ0) is 19.9. The van der Waals surface area contributed by atoms with Crippen molar-refractivity contribution in [3.8, 4) is 11.5 Å². The van der Waals surface area contributed by atoms with Gasteiger partial charge in [0.25, 0.3) is 0 Å². The summed E-state index contributed by atoms with van der Waals surface area (Å²) in [6.07, 6.45) is 1.47. The molecule has 8 heteroatoms. The van der Waals surface area contributed by atoms with Crippen molar-refractivity contribution in [2.24, 2.45) is 0 Å². The number of nitrogens with zero attached hydrogens (tertiary/aromatic N) is 3. The second kappa shape index (κ2) is 9.36. The number of H-pyrrole nitrogens is 1. The van der Waals surface area contributed by atoms with Gasteiger partial charge in [0.1, 0.15) is 18.1 Å². The molecule has 0 saturated carbocycles. The molecule has 146 valence electrons. The molecule has 1 heterocycles. The maximum Gasteiger partial charge on any atom is 0.231 e. The lowest BCUT2D eigenvalue weighted by atomic mass is 10.0. The van der Waals surface area contributed by atoms with Gasteiger partial charge in [-0.3, -0.25) is 4.79 Å². The van der Waals surface area contributed by atoms with Crippen LogP contribution in [0.25, 0.3) is 0 Å². The van der Waals surface area contributed by atoms with Crippen LogP contribution < -0.4 is 4.74 Å². The smallest absolute Gasteiger partial charge is 0.231 e. The number of aromatic hydroxyl groups is 1. The van der Waals surface area contributed by atoms with E-state index in [4.69, 9.17) is 4.74 Å². The van der Waals surface area contributed by atoms with E-state index in [1.807, 2.05) is 31.2 Å². The standard InChI is InChI=1S/C20H22N4O3S/c1-3-6-17-18(10-9-16(13(2)25)19(17)26)27-11-14-7-4-5-8-15(14)12-28-20-21-23-24-22-20/h4-5,7-10,26H,3,6,11-12H2,1-2H3,(H,21,22,23,24). The summed E-state index contributed by atoms with van der Waals surface area (Å²) in [5, 5.41) is 25.0. The Morgan fingerprint density at radius 1 is 1.21 bits per heavy atom. The average Bonchev–Trinajstić information content (AvgIpc) is 3.21. The van der Waals surface area contributed by atoms with Gasteiger partial charge >= 0.3 is 0 Å². The Hall–Kier alpha value is -2.87. The predicted molar refractivity (Wildman–Crippen MR) is 107 cm³/mol. The van der Waals surface area contributed by atoms with Gasteiger partial charge in [-0.25, -0.2) is 0 Å². The number of aromatic amines is 1. The van der Waals surface area contributed by atoms with Gasteiger partial charge < -0.3 is 9.84 Å². The molecular weight excluding hydrogens is 376 g/mol. The van der Waals surface area contributed by atoms with Gasteiger partial charge in [0.15, 0.2) is 5.78 Å². The third kappa shape index (κ3) is 4.69. The van der Waals surface area contributed by atoms with Crippen LogP contribution in [0.2, 0.25) is 0 Å². The molecule has 1 aromatic heterocycles. The van der Waals surface area contributed by atoms with Crippen LogP contribution in [0.3, 0.4) is 0 Å². The highest BCUT2D eigenvalue weighted by Gasteiger charge is 2.16. The first kappa shape index (κ1) is 19.9. The molecule has 0 bridgehead atoms. The van der Waals surface area contributed by atoms with Crippen LogP contribution >= 0.6 is 11.8 Å². The van der Waals surface area contributed by atoms with Crippen molar-refractivity contribution in [1.82, 2.24) is 20.6 Å². The molecule has 0 spiro atoms. The van der Waals surface area contributed by atoms with Gasteiger partial charge in [-0.15, -0.1) is 10.2 Å². The summed E-state index contributed by atoms with van der Waals surface area (Å²) >= 11 is 1.49. The molecule has 7 nitrogen and oxygen atoms in total. The molecule has 0 aliphatic rings. The van der Waals surface area contributed by atoms with E-state index in [1.165, 1.54) is 18.7 Å². The van der Waals surface area contributed by atoms with E-state index < -0.39 is 0 Å². The average molecular weight is 398 g/mol. The second-order valence-corrected chi connectivity index (χ2v) is 7.23. The van der Waals surface area contributed by atoms with E-state index in [0.717, 1.165) is 17.5 Å². The molecule has 0 atom stereocenters. The molecule has 3 rings (SSSR count). The summed E-state index contributed by atoms with van der Waals surface area (Å²) in [6, 6.07) is 11.4. The molecule has 0 radical (unpaired) electrons. The van der Waals surface area contributed by atoms with Crippen LogP contribution in [-0.4, -0.2) is 31.5 Å². The van der Waals surface area contributed by atoms with Crippen molar-refractivity contribution in [2.45, 2.75) is 44.2 Å². The lowest BCUT2D eigenvalue weighted by Crippen LogP contribution is -2.04. The first-order valence-electron chi connectivity index (χ1n) is 9.01. The lowest BCUT2D eigenvalue weighted by Gasteiger charge is -2.16. The maximum absolute atomic E-state index is 11.7. The first-order valence-corrected chi connectivity index (χ1v) is 10.00. The fourth-order valence-electron chi connectivity index (χ4n) is 2.88. The highest BCUT2D eigenvalue weighted by Crippen LogP contribution is 2.33. The van der Waals surface area contributed by atoms with Gasteiger partial charge in [0.2, 0.25) is 5.16 Å². The highest BCUT2D eigenvalue weighted by molar-refractivity contribution is 7.98. The zero-order valence-electron chi connectivity index (χ0n) is 15.8. The van der Waals surface area contributed by atoms with Crippen molar-refractivity contribution >= 4 is 17.5 Å². The SMILES string of the molecule is CCCc1c(OCc2ccccc2CSc2nn[nH]n2)ccc(C(C)=O)c1O. The number of ketones is 1. The summed E-state index contributed by atoms with van der Waals surface area (Å²) in [4.78, 5) is 11.7. The van der Waals surface area contributed by atoms with Crippen LogP contribution in [0.5, 0.6) is 11.5 Å². The third-order valence-corrected chi connectivity index (χ3v) is 5.19. The molecule has 0 fully saturated rings. The molecule has 0 aliphatic heterocycles. The Morgan fingerprint density at radius 2 is 2.00 bits per heavy atom. The number of carbonyl (C=O) groups is 1. The van der Waals surface area contributed by atoms with Gasteiger partial charge in [0, 0.05) is 11.3 Å². The number of ether oxygens (including phenoxy) is 1. The van der Waals surface area contributed by atoms with E-state index in [9.17, 15) is 9.90 Å². The lowest BCUT2D eigenvalue weighted by molar-refractivity contribution is 0.101. The monoisotopic (exact) mass is 398 g/mol. The fourth-order valence-corrected chi connectivity index (χ4v) is 3.65. The molecule has 0 aliphatic carbocycles. The number of rotatable bonds is 9. The normalized spacial score (nSPS) is 10.8. The van der Waals surface area contributed by atoms with Crippen LogP contribution in [0.1, 0.15) is 47.3 Å². The van der Waals surface area contributed by atoms with Crippen LogP contribution in [0, 0.1) is 0 Å². The third-order valence-electron chi connectivity index (χ3n) is 4.30. The number of phenolic OH excluding ortho intramolecular Hbond substituents is 1. The quantitative estimate of drug-likeness (QED) is 0.416. The number of phenols is 1. The molecule has 0 saturated heterocycles. The molecule has 28 heavy (non-hydrogen) atoms. The topological polar surface area (TPSA) is 101 Å². The van der Waals surface area contributed by atoms with Crippen molar-refractivity contribution < 1.29 is 14.6 Å². The van der Waals surface area contributed by atoms with E-state index in [-0.39, 0.29) is 11.5 Å². The number of hydrogen-bond donors (Lipinski definition) is 2. The minimum Gasteiger partial charge on any atom is -0.507 e. The molecular formula is C20H22N4O3S. The van der Waals surface area contributed by atoms with Crippen LogP contribution in [0.4, 0.5) is 0 Å². The Morgan fingerprint density at radius 3 is 2.68 bits per heavy atom. The van der Waals surface area contributed by atoms with Crippen molar-refractivity contribution in [3.63, 3.8) is 0 Å². The number of benzene rings is 2. The van der Waals surface area contributed by atoms with E-state index in [0.29, 0.717) is 40.8 Å². The molecule has 0 amide bonds. The number of tetrazole rings is 1. The van der Waals surface area contributed by atoms with Crippen molar-refractivity contribution in [1.29, 1.82) is 0 Å². The molecule has 2 aromatic carbocycles. The number of carbonyl (C=O) groups excluding carboxylic acids is 1. The van der Waals surface area contributed by atoms with E-state index in [2.05, 4.69) is 20.6 Å². The Bertz CT molecular complexity index is 945. The molecule has 3 aromatic rings. The zero-order valence-corrected chi connectivity index (χ0v) is 16.6. The van der Waals surface area contributed by atoms with Crippen molar-refractivity contribution in [2.75, 3.05) is 0 Å². The summed E-state index contributed by atoms with van der Waals surface area (Å²) in [6.45, 7) is 3.83. The van der Waals surface area contributed by atoms with Crippen LogP contribution in [0.15, 0.2) is 41.6 Å². The Kier molecular flexibility index (Phi) is 6.65. The van der Waals surface area contributed by atoms with Gasteiger partial charge in [-0.05, 0) is 41.8 Å². The summed E-state index contributed by atoms with van der Waals surface area (Å²) in [5.41, 5.74) is 3.15. The van der Waals surface area contributed by atoms with Gasteiger partial charge in [0.05, 0.1) is 5.56 Å². The fraction of sp³-hybridized carbons (Fsp3) is 0.300. The molecule has 2 N–H and O–H groups in total. The van der Waals surface area contributed by atoms with Crippen molar-refractivity contribution in [3.05, 3.63) is 58.7 Å². The summed E-state index contributed by atoms with van der Waals surface area (Å²) in [7, 11) is 0. The minimum atomic E-state index is -0.162. The largest absolute Gasteiger partial charge is 0.507 e. The van der Waals surface area contributed by atoms with Crippen LogP contribution in [-0.2, 0) is 18.8 Å². The van der Waals surface area contributed by atoms with Gasteiger partial charge in [-0.1, -0.05) is 49.4 Å². The van der Waals surface area contributed by atoms with E-state index >= 15 is 0 Å². The highest BCUT2D eigenvalue weighted by atomic mass is 32.2. The summed E-state index contributed by atoms with van der Waals surface area (Å²) < 4.78 is 6.04. The molecule has 0 unspecified atom stereocenters. The number of thioether (sulfide) groups is 1. The first-order chi connectivity index (χ1) is 13.6. The summed E-state index contributed by atoms with van der Waals surface area (Å²) in [5.74, 6) is 1.15. The minimum absolute atomic E-state index is 0.0211. The Labute approximate surface area is 167 Å². The maximum atomic E-state index is 11.7. The van der Waals surface area contributed by atoms with E-state index in [1.54, 1.807) is 12.1 Å². The number of hydrogen-bond acceptors (Lipinski definition) is 7. The van der Waals surface area contributed by atoms with Gasteiger partial charge in [-0.2, -0.15) is 5.21 Å². The second-order valence-electron chi connectivity index (χ2n) is 6.29. The Balaban J connectivity index is 1.77. The number of nitrogens with one attached hydrogen (secondary N) is 1. The predicted octanol–water partition coefficient (Wildman–Crippen LogP) is 3.93. The number of Topliss-reactive ketones (excluding diaryl/α,β-unsaturated/α-hetero) is 1. The number of aromatic nitrogens is 4.